The Morgan fingerprint density at radius 3 is 2.71 bits per heavy atom. The molecule has 1 aromatic carbocycles. The van der Waals surface area contributed by atoms with Gasteiger partial charge in [-0.1, -0.05) is 38.3 Å². The van der Waals surface area contributed by atoms with Crippen LogP contribution in [0.2, 0.25) is 0 Å². The van der Waals surface area contributed by atoms with E-state index >= 15 is 0 Å². The van der Waals surface area contributed by atoms with Crippen molar-refractivity contribution in [2.75, 3.05) is 6.61 Å². The molecule has 1 saturated carbocycles. The van der Waals surface area contributed by atoms with E-state index in [2.05, 4.69) is 12.2 Å². The molecule has 1 fully saturated rings. The van der Waals surface area contributed by atoms with Crippen LogP contribution in [0.3, 0.4) is 0 Å². The van der Waals surface area contributed by atoms with Gasteiger partial charge in [0, 0.05) is 6.54 Å². The highest BCUT2D eigenvalue weighted by Gasteiger charge is 2.35. The number of nitrogens with one attached hydrogen (secondary N) is 1. The van der Waals surface area contributed by atoms with Crippen LogP contribution in [-0.4, -0.2) is 23.6 Å². The van der Waals surface area contributed by atoms with Crippen LogP contribution in [0.1, 0.15) is 51.0 Å². The first kappa shape index (κ1) is 18.3. The standard InChI is InChI=1S/C19H27NO4/c1-2-3-11-24-15-8-6-7-14(12-15)13-20-18(21)16-9-4-5-10-17(16)19(22)23/h6-8,12,16-17H,2-5,9-11,13H2,1H3,(H,20,21)(H,22,23)/t16-,17+/m1/s1. The predicted molar refractivity (Wildman–Crippen MR) is 91.8 cm³/mol. The van der Waals surface area contributed by atoms with Crippen LogP contribution in [0.25, 0.3) is 0 Å². The molecular formula is C19H27NO4. The van der Waals surface area contributed by atoms with Crippen LogP contribution < -0.4 is 10.1 Å². The fourth-order valence-electron chi connectivity index (χ4n) is 3.14. The highest BCUT2D eigenvalue weighted by molar-refractivity contribution is 5.84. The molecule has 132 valence electrons. The van der Waals surface area contributed by atoms with Crippen molar-refractivity contribution in [2.24, 2.45) is 11.8 Å². The van der Waals surface area contributed by atoms with Gasteiger partial charge in [-0.3, -0.25) is 9.59 Å². The highest BCUT2D eigenvalue weighted by Crippen LogP contribution is 2.30. The van der Waals surface area contributed by atoms with Gasteiger partial charge in [0.15, 0.2) is 0 Å². The minimum absolute atomic E-state index is 0.153. The van der Waals surface area contributed by atoms with Gasteiger partial charge in [-0.15, -0.1) is 0 Å². The van der Waals surface area contributed by atoms with Crippen molar-refractivity contribution >= 4 is 11.9 Å². The van der Waals surface area contributed by atoms with E-state index in [0.29, 0.717) is 26.0 Å². The van der Waals surface area contributed by atoms with Crippen LogP contribution in [0.15, 0.2) is 24.3 Å². The number of benzene rings is 1. The summed E-state index contributed by atoms with van der Waals surface area (Å²) in [5.41, 5.74) is 0.958. The number of rotatable bonds is 8. The quantitative estimate of drug-likeness (QED) is 0.715. The third-order valence-electron chi connectivity index (χ3n) is 4.55. The largest absolute Gasteiger partial charge is 0.494 e. The Labute approximate surface area is 143 Å². The van der Waals surface area contributed by atoms with Crippen LogP contribution in [0.5, 0.6) is 5.75 Å². The lowest BCUT2D eigenvalue weighted by Crippen LogP contribution is -2.39. The van der Waals surface area contributed by atoms with E-state index in [9.17, 15) is 14.7 Å². The molecule has 1 amide bonds. The molecule has 0 saturated heterocycles. The Morgan fingerprint density at radius 1 is 1.25 bits per heavy atom. The van der Waals surface area contributed by atoms with E-state index in [1.54, 1.807) is 0 Å². The van der Waals surface area contributed by atoms with Crippen LogP contribution in [-0.2, 0) is 16.1 Å². The second-order valence-corrected chi connectivity index (χ2v) is 6.40. The number of carboxylic acids is 1. The zero-order chi connectivity index (χ0) is 17.4. The van der Waals surface area contributed by atoms with Gasteiger partial charge in [-0.2, -0.15) is 0 Å². The van der Waals surface area contributed by atoms with Gasteiger partial charge >= 0.3 is 5.97 Å². The number of hydrogen-bond acceptors (Lipinski definition) is 3. The number of ether oxygens (including phenoxy) is 1. The number of aliphatic carboxylic acids is 1. The van der Waals surface area contributed by atoms with Crippen molar-refractivity contribution in [2.45, 2.75) is 52.0 Å². The summed E-state index contributed by atoms with van der Waals surface area (Å²) in [5.74, 6) is -1.18. The third kappa shape index (κ3) is 5.25. The summed E-state index contributed by atoms with van der Waals surface area (Å²) < 4.78 is 5.67. The zero-order valence-electron chi connectivity index (χ0n) is 14.3. The summed E-state index contributed by atoms with van der Waals surface area (Å²) in [4.78, 5) is 23.7. The smallest absolute Gasteiger partial charge is 0.307 e. The number of carbonyl (C=O) groups excluding carboxylic acids is 1. The first-order valence-electron chi connectivity index (χ1n) is 8.84. The minimum Gasteiger partial charge on any atom is -0.494 e. The monoisotopic (exact) mass is 333 g/mol. The van der Waals surface area contributed by atoms with E-state index < -0.39 is 17.8 Å². The molecule has 1 aliphatic carbocycles. The molecule has 5 heteroatoms. The van der Waals surface area contributed by atoms with Gasteiger partial charge in [-0.05, 0) is 37.0 Å². The van der Waals surface area contributed by atoms with E-state index in [1.165, 1.54) is 0 Å². The molecule has 2 N–H and O–H groups in total. The molecule has 24 heavy (non-hydrogen) atoms. The first-order chi connectivity index (χ1) is 11.6. The fourth-order valence-corrected chi connectivity index (χ4v) is 3.14. The summed E-state index contributed by atoms with van der Waals surface area (Å²) in [6, 6.07) is 7.67. The predicted octanol–water partition coefficient (Wildman–Crippen LogP) is 3.37. The lowest BCUT2D eigenvalue weighted by atomic mass is 9.78. The maximum Gasteiger partial charge on any atom is 0.307 e. The molecular weight excluding hydrogens is 306 g/mol. The summed E-state index contributed by atoms with van der Waals surface area (Å²) in [6.45, 7) is 3.20. The SMILES string of the molecule is CCCCOc1cccc(CNC(=O)[C@@H]2CCCC[C@@H]2C(=O)O)c1. The van der Waals surface area contributed by atoms with Gasteiger partial charge in [0.05, 0.1) is 18.4 Å². The Balaban J connectivity index is 1.88. The highest BCUT2D eigenvalue weighted by atomic mass is 16.5. The van der Waals surface area contributed by atoms with E-state index in [0.717, 1.165) is 37.0 Å². The van der Waals surface area contributed by atoms with E-state index in [-0.39, 0.29) is 5.91 Å². The summed E-state index contributed by atoms with van der Waals surface area (Å²) in [6.07, 6.45) is 5.15. The average Bonchev–Trinajstić information content (AvgIpc) is 2.60. The zero-order valence-corrected chi connectivity index (χ0v) is 14.3. The number of carboxylic acid groups (broad SMARTS) is 1. The second-order valence-electron chi connectivity index (χ2n) is 6.40. The van der Waals surface area contributed by atoms with Gasteiger partial charge in [0.25, 0.3) is 0 Å². The van der Waals surface area contributed by atoms with E-state index in [4.69, 9.17) is 4.74 Å². The molecule has 0 heterocycles. The topological polar surface area (TPSA) is 75.6 Å². The molecule has 0 bridgehead atoms. The van der Waals surface area contributed by atoms with Crippen molar-refractivity contribution < 1.29 is 19.4 Å². The van der Waals surface area contributed by atoms with Crippen molar-refractivity contribution in [3.8, 4) is 5.75 Å². The number of unbranched alkanes of at least 4 members (excludes halogenated alkanes) is 1. The summed E-state index contributed by atoms with van der Waals surface area (Å²) >= 11 is 0. The molecule has 0 unspecified atom stereocenters. The van der Waals surface area contributed by atoms with Crippen molar-refractivity contribution in [1.29, 1.82) is 0 Å². The molecule has 5 nitrogen and oxygen atoms in total. The molecule has 0 aliphatic heterocycles. The molecule has 1 aliphatic rings. The van der Waals surface area contributed by atoms with Crippen LogP contribution in [0, 0.1) is 11.8 Å². The van der Waals surface area contributed by atoms with Gasteiger partial charge < -0.3 is 15.2 Å². The first-order valence-corrected chi connectivity index (χ1v) is 8.84. The van der Waals surface area contributed by atoms with Gasteiger partial charge in [0.1, 0.15) is 5.75 Å². The van der Waals surface area contributed by atoms with Crippen molar-refractivity contribution in [1.82, 2.24) is 5.32 Å². The second kappa shape index (κ2) is 9.30. The molecule has 2 atom stereocenters. The average molecular weight is 333 g/mol. The van der Waals surface area contributed by atoms with Crippen LogP contribution in [0.4, 0.5) is 0 Å². The Bertz CT molecular complexity index is 558. The van der Waals surface area contributed by atoms with Gasteiger partial charge in [0.2, 0.25) is 5.91 Å². The summed E-state index contributed by atoms with van der Waals surface area (Å²) in [7, 11) is 0. The van der Waals surface area contributed by atoms with Crippen LogP contribution >= 0.6 is 0 Å². The maximum atomic E-state index is 12.4. The molecule has 2 rings (SSSR count). The molecule has 0 aromatic heterocycles. The minimum atomic E-state index is -0.860. The summed E-state index contributed by atoms with van der Waals surface area (Å²) in [5, 5.41) is 12.2. The number of amides is 1. The normalized spacial score (nSPS) is 20.4. The van der Waals surface area contributed by atoms with E-state index in [1.807, 2.05) is 24.3 Å². The molecule has 0 spiro atoms. The third-order valence-corrected chi connectivity index (χ3v) is 4.55. The number of hydrogen-bond donors (Lipinski definition) is 2. The van der Waals surface area contributed by atoms with Crippen molar-refractivity contribution in [3.05, 3.63) is 29.8 Å². The Morgan fingerprint density at radius 2 is 2.00 bits per heavy atom. The Hall–Kier alpha value is -2.04. The van der Waals surface area contributed by atoms with Gasteiger partial charge in [-0.25, -0.2) is 0 Å². The Kier molecular flexibility index (Phi) is 7.09. The lowest BCUT2D eigenvalue weighted by Gasteiger charge is -2.27. The lowest BCUT2D eigenvalue weighted by molar-refractivity contribution is -0.148. The number of carbonyl (C=O) groups is 2. The fraction of sp³-hybridized carbons (Fsp3) is 0.579. The van der Waals surface area contributed by atoms with Crippen molar-refractivity contribution in [3.63, 3.8) is 0 Å². The maximum absolute atomic E-state index is 12.4. The molecule has 1 aromatic rings. The molecule has 0 radical (unpaired) electrons.